The van der Waals surface area contributed by atoms with E-state index in [1.54, 1.807) is 7.11 Å². The summed E-state index contributed by atoms with van der Waals surface area (Å²) in [6.45, 7) is 7.48. The van der Waals surface area contributed by atoms with Gasteiger partial charge in [-0.25, -0.2) is 0 Å². The molecule has 0 bridgehead atoms. The molecule has 0 unspecified atom stereocenters. The predicted octanol–water partition coefficient (Wildman–Crippen LogP) is 2.52. The number of fused-ring (bicyclic) bond motifs is 1. The maximum absolute atomic E-state index is 5.98. The number of ether oxygens (including phenoxy) is 5. The van der Waals surface area contributed by atoms with E-state index in [-0.39, 0.29) is 17.8 Å². The van der Waals surface area contributed by atoms with Crippen LogP contribution in [0.15, 0.2) is 24.3 Å². The second kappa shape index (κ2) is 5.81. The number of rotatable bonds is 5. The third kappa shape index (κ3) is 3.13. The number of hydrogen-bond acceptors (Lipinski definition) is 5. The van der Waals surface area contributed by atoms with Crippen LogP contribution in [0.5, 0.6) is 5.75 Å². The van der Waals surface area contributed by atoms with Gasteiger partial charge in [0.2, 0.25) is 0 Å². The zero-order valence-electron chi connectivity index (χ0n) is 13.6. The van der Waals surface area contributed by atoms with Crippen LogP contribution in [0.25, 0.3) is 0 Å². The summed E-state index contributed by atoms with van der Waals surface area (Å²) in [5, 5.41) is 0. The Bertz CT molecular complexity index is 512. The molecular formula is C17H24O5. The fraction of sp³-hybridized carbons (Fsp3) is 0.647. The highest BCUT2D eigenvalue weighted by molar-refractivity contribution is 5.26. The van der Waals surface area contributed by atoms with Gasteiger partial charge in [0, 0.05) is 0 Å². The zero-order chi connectivity index (χ0) is 15.8. The molecule has 2 aliphatic heterocycles. The summed E-state index contributed by atoms with van der Waals surface area (Å²) in [5.74, 6) is 0.287. The molecule has 3 atom stereocenters. The Balaban J connectivity index is 1.52. The van der Waals surface area contributed by atoms with Crippen LogP contribution in [0.4, 0.5) is 0 Å². The van der Waals surface area contributed by atoms with E-state index in [2.05, 4.69) is 0 Å². The summed E-state index contributed by atoms with van der Waals surface area (Å²) >= 11 is 0. The van der Waals surface area contributed by atoms with Crippen LogP contribution < -0.4 is 4.74 Å². The van der Waals surface area contributed by atoms with Gasteiger partial charge in [-0.15, -0.1) is 0 Å². The number of methoxy groups -OCH3 is 1. The van der Waals surface area contributed by atoms with E-state index in [4.69, 9.17) is 23.7 Å². The molecule has 0 saturated carbocycles. The van der Waals surface area contributed by atoms with Gasteiger partial charge in [-0.2, -0.15) is 0 Å². The van der Waals surface area contributed by atoms with Crippen molar-refractivity contribution < 1.29 is 23.7 Å². The minimum absolute atomic E-state index is 0.0848. The molecule has 5 heteroatoms. The van der Waals surface area contributed by atoms with Crippen LogP contribution in [-0.4, -0.2) is 43.9 Å². The van der Waals surface area contributed by atoms with Crippen molar-refractivity contribution in [2.45, 2.75) is 51.0 Å². The summed E-state index contributed by atoms with van der Waals surface area (Å²) in [4.78, 5) is 0. The molecule has 0 aliphatic carbocycles. The minimum Gasteiger partial charge on any atom is -0.497 e. The first-order valence-electron chi connectivity index (χ1n) is 7.62. The molecule has 2 saturated heterocycles. The second-order valence-corrected chi connectivity index (χ2v) is 6.57. The first-order valence-corrected chi connectivity index (χ1v) is 7.62. The monoisotopic (exact) mass is 308 g/mol. The molecule has 0 amide bonds. The topological polar surface area (TPSA) is 46.2 Å². The average Bonchev–Trinajstić information content (AvgIpc) is 2.89. The van der Waals surface area contributed by atoms with Gasteiger partial charge in [-0.05, 0) is 38.5 Å². The van der Waals surface area contributed by atoms with E-state index >= 15 is 0 Å². The summed E-state index contributed by atoms with van der Waals surface area (Å²) in [6.07, 6.45) is -0.177. The zero-order valence-corrected chi connectivity index (χ0v) is 13.6. The van der Waals surface area contributed by atoms with Gasteiger partial charge >= 0.3 is 0 Å². The van der Waals surface area contributed by atoms with Crippen molar-refractivity contribution in [2.24, 2.45) is 0 Å². The Labute approximate surface area is 131 Å². The smallest absolute Gasteiger partial charge is 0.164 e. The molecule has 1 aromatic carbocycles. The second-order valence-electron chi connectivity index (χ2n) is 6.57. The van der Waals surface area contributed by atoms with E-state index in [1.165, 1.54) is 0 Å². The molecule has 122 valence electrons. The first kappa shape index (κ1) is 15.7. The van der Waals surface area contributed by atoms with Crippen molar-refractivity contribution in [3.63, 3.8) is 0 Å². The molecule has 3 rings (SSSR count). The lowest BCUT2D eigenvalue weighted by molar-refractivity contribution is -0.191. The molecular weight excluding hydrogens is 284 g/mol. The third-order valence-corrected chi connectivity index (χ3v) is 4.12. The van der Waals surface area contributed by atoms with Crippen LogP contribution in [0.1, 0.15) is 26.3 Å². The van der Waals surface area contributed by atoms with Gasteiger partial charge in [-0.3, -0.25) is 0 Å². The highest BCUT2D eigenvalue weighted by Crippen LogP contribution is 2.42. The predicted molar refractivity (Wildman–Crippen MR) is 80.8 cm³/mol. The van der Waals surface area contributed by atoms with E-state index < -0.39 is 5.79 Å². The van der Waals surface area contributed by atoms with Crippen LogP contribution in [0.2, 0.25) is 0 Å². The van der Waals surface area contributed by atoms with Crippen molar-refractivity contribution in [2.75, 3.05) is 20.3 Å². The van der Waals surface area contributed by atoms with E-state index in [0.29, 0.717) is 19.8 Å². The van der Waals surface area contributed by atoms with Gasteiger partial charge in [0.05, 0.1) is 26.9 Å². The summed E-state index contributed by atoms with van der Waals surface area (Å²) in [7, 11) is 1.66. The Morgan fingerprint density at radius 2 is 1.91 bits per heavy atom. The summed E-state index contributed by atoms with van der Waals surface area (Å²) in [6, 6.07) is 7.85. The molecule has 2 heterocycles. The lowest BCUT2D eigenvalue weighted by Crippen LogP contribution is -2.39. The molecule has 0 radical (unpaired) electrons. The number of hydrogen-bond donors (Lipinski definition) is 0. The Kier molecular flexibility index (Phi) is 4.16. The van der Waals surface area contributed by atoms with E-state index in [1.807, 2.05) is 45.0 Å². The van der Waals surface area contributed by atoms with Gasteiger partial charge in [-0.1, -0.05) is 12.1 Å². The third-order valence-electron chi connectivity index (χ3n) is 4.12. The van der Waals surface area contributed by atoms with Gasteiger partial charge in [0.15, 0.2) is 5.79 Å². The van der Waals surface area contributed by atoms with Crippen molar-refractivity contribution in [1.82, 2.24) is 0 Å². The van der Waals surface area contributed by atoms with Crippen LogP contribution in [0, 0.1) is 0 Å². The van der Waals surface area contributed by atoms with Crippen molar-refractivity contribution in [3.8, 4) is 5.75 Å². The Morgan fingerprint density at radius 3 is 2.59 bits per heavy atom. The standard InChI is InChI=1S/C17H24O5/c1-16(2)21-15-14(20-11-17(15,3)22-16)10-19-9-12-5-7-13(18-4)8-6-12/h5-8,14-15H,9-11H2,1-4H3/t14-,15-,17+/m1/s1. The van der Waals surface area contributed by atoms with Gasteiger partial charge < -0.3 is 23.7 Å². The highest BCUT2D eigenvalue weighted by Gasteiger charge is 2.58. The highest BCUT2D eigenvalue weighted by atomic mass is 16.8. The SMILES string of the molecule is COc1ccc(COC[C@H]2OC[C@]3(C)OC(C)(C)O[C@H]23)cc1. The van der Waals surface area contributed by atoms with Crippen LogP contribution >= 0.6 is 0 Å². The molecule has 0 spiro atoms. The van der Waals surface area contributed by atoms with Gasteiger partial charge in [0.25, 0.3) is 0 Å². The van der Waals surface area contributed by atoms with Crippen molar-refractivity contribution in [1.29, 1.82) is 0 Å². The van der Waals surface area contributed by atoms with Crippen molar-refractivity contribution >= 4 is 0 Å². The fourth-order valence-electron chi connectivity index (χ4n) is 3.16. The molecule has 1 aromatic rings. The maximum atomic E-state index is 5.98. The summed E-state index contributed by atoms with van der Waals surface area (Å²) in [5.41, 5.74) is 0.725. The molecule has 22 heavy (non-hydrogen) atoms. The minimum atomic E-state index is -0.558. The van der Waals surface area contributed by atoms with Crippen LogP contribution in [-0.2, 0) is 25.6 Å². The largest absolute Gasteiger partial charge is 0.497 e. The Hall–Kier alpha value is -1.14. The average molecular weight is 308 g/mol. The lowest BCUT2D eigenvalue weighted by atomic mass is 10.00. The fourth-order valence-corrected chi connectivity index (χ4v) is 3.16. The van der Waals surface area contributed by atoms with Crippen LogP contribution in [0.3, 0.4) is 0 Å². The molecule has 0 aromatic heterocycles. The first-order chi connectivity index (χ1) is 10.4. The normalized spacial score (nSPS) is 32.9. The molecule has 2 aliphatic rings. The molecule has 5 nitrogen and oxygen atoms in total. The summed E-state index contributed by atoms with van der Waals surface area (Å²) < 4.78 is 28.7. The lowest BCUT2D eigenvalue weighted by Gasteiger charge is -2.22. The maximum Gasteiger partial charge on any atom is 0.164 e. The Morgan fingerprint density at radius 1 is 1.18 bits per heavy atom. The molecule has 2 fully saturated rings. The molecule has 0 N–H and O–H groups in total. The number of benzene rings is 1. The van der Waals surface area contributed by atoms with E-state index in [0.717, 1.165) is 11.3 Å². The quantitative estimate of drug-likeness (QED) is 0.836. The van der Waals surface area contributed by atoms with Crippen molar-refractivity contribution in [3.05, 3.63) is 29.8 Å². The van der Waals surface area contributed by atoms with E-state index in [9.17, 15) is 0 Å². The van der Waals surface area contributed by atoms with Gasteiger partial charge in [0.1, 0.15) is 23.6 Å².